The molecule has 0 aromatic heterocycles. The van der Waals surface area contributed by atoms with Crippen molar-refractivity contribution in [2.45, 2.75) is 50.7 Å². The van der Waals surface area contributed by atoms with Gasteiger partial charge in [0.15, 0.2) is 0 Å². The molecule has 0 radical (unpaired) electrons. The molecule has 0 unspecified atom stereocenters. The first kappa shape index (κ1) is 35.2. The number of piperidine rings is 1. The van der Waals surface area contributed by atoms with Crippen molar-refractivity contribution >= 4 is 24.0 Å². The smallest absolute Gasteiger partial charge is 0.410 e. The third kappa shape index (κ3) is 8.23. The lowest BCUT2D eigenvalue weighted by Crippen LogP contribution is -2.64. The number of carbonyl (C=O) groups excluding carboxylic acids is 4. The number of likely N-dealkylation sites (tertiary alicyclic amines) is 1. The molecule has 1 aliphatic heterocycles. The summed E-state index contributed by atoms with van der Waals surface area (Å²) < 4.78 is 11.3. The Hall–Kier alpha value is -5.64. The zero-order valence-electron chi connectivity index (χ0n) is 29.2. The maximum Gasteiger partial charge on any atom is 0.410 e. The van der Waals surface area contributed by atoms with Crippen LogP contribution in [0.5, 0.6) is 0 Å². The zero-order valence-corrected chi connectivity index (χ0v) is 29.2. The first-order valence-electron chi connectivity index (χ1n) is 17.4. The van der Waals surface area contributed by atoms with Gasteiger partial charge in [-0.1, -0.05) is 91.0 Å². The fourth-order valence-corrected chi connectivity index (χ4v) is 6.70. The number of carbonyl (C=O) groups is 4. The molecule has 4 amide bonds. The second-order valence-electron chi connectivity index (χ2n) is 14.0. The molecule has 0 atom stereocenters. The van der Waals surface area contributed by atoms with Gasteiger partial charge in [-0.3, -0.25) is 9.59 Å². The van der Waals surface area contributed by atoms with Crippen LogP contribution in [0.25, 0.3) is 22.3 Å². The van der Waals surface area contributed by atoms with E-state index in [-0.39, 0.29) is 57.5 Å². The van der Waals surface area contributed by atoms with Crippen LogP contribution in [-0.4, -0.2) is 72.8 Å². The molecule has 264 valence electrons. The van der Waals surface area contributed by atoms with Crippen LogP contribution >= 0.6 is 0 Å². The molecule has 4 aromatic carbocycles. The Morgan fingerprint density at radius 1 is 0.725 bits per heavy atom. The quantitative estimate of drug-likeness (QED) is 0.172. The summed E-state index contributed by atoms with van der Waals surface area (Å²) in [6, 6.07) is 33.4. The summed E-state index contributed by atoms with van der Waals surface area (Å²) in [4.78, 5) is 54.4. The topological polar surface area (TPSA) is 126 Å². The van der Waals surface area contributed by atoms with E-state index >= 15 is 0 Å². The van der Waals surface area contributed by atoms with Gasteiger partial charge in [0.1, 0.15) is 17.7 Å². The molecule has 0 saturated carbocycles. The van der Waals surface area contributed by atoms with E-state index < -0.39 is 29.2 Å². The number of hydrogen-bond donors (Lipinski definition) is 3. The monoisotopic (exact) mass is 688 g/mol. The summed E-state index contributed by atoms with van der Waals surface area (Å²) in [7, 11) is 0. The first-order valence-corrected chi connectivity index (χ1v) is 17.4. The summed E-state index contributed by atoms with van der Waals surface area (Å²) in [6.07, 6.45) is -0.882. The standard InChI is InChI=1S/C41H44N4O6/c1-40(2,3)51-39(49)45-25-21-41(22-26-45,44-38(48)50-27-35-33-15-9-7-13-31(33)32-14-8-10-16-34(32)35)37(47)43-24-23-42-36(46)30-19-17-29(18-20-30)28-11-5-4-6-12-28/h4-20,35H,21-27H2,1-3H3,(H,42,46)(H,43,47)(H,44,48). The largest absolute Gasteiger partial charge is 0.449 e. The Morgan fingerprint density at radius 3 is 1.88 bits per heavy atom. The first-order chi connectivity index (χ1) is 24.5. The summed E-state index contributed by atoms with van der Waals surface area (Å²) in [5.74, 6) is -0.817. The molecule has 2 aliphatic rings. The van der Waals surface area contributed by atoms with E-state index in [1.807, 2.05) is 78.9 Å². The van der Waals surface area contributed by atoms with E-state index in [1.165, 1.54) is 0 Å². The second kappa shape index (κ2) is 15.1. The number of hydrogen-bond acceptors (Lipinski definition) is 6. The number of rotatable bonds is 9. The Kier molecular flexibility index (Phi) is 10.4. The van der Waals surface area contributed by atoms with Gasteiger partial charge in [-0.15, -0.1) is 0 Å². The number of nitrogens with one attached hydrogen (secondary N) is 3. The minimum absolute atomic E-state index is 0.0972. The van der Waals surface area contributed by atoms with Crippen molar-refractivity contribution in [1.82, 2.24) is 20.9 Å². The molecule has 1 aliphatic carbocycles. The van der Waals surface area contributed by atoms with Gasteiger partial charge >= 0.3 is 12.2 Å². The van der Waals surface area contributed by atoms with Gasteiger partial charge in [0.2, 0.25) is 5.91 Å². The van der Waals surface area contributed by atoms with Crippen molar-refractivity contribution < 1.29 is 28.7 Å². The van der Waals surface area contributed by atoms with Crippen LogP contribution in [-0.2, 0) is 14.3 Å². The van der Waals surface area contributed by atoms with Crippen LogP contribution < -0.4 is 16.0 Å². The Morgan fingerprint density at radius 2 is 1.27 bits per heavy atom. The highest BCUT2D eigenvalue weighted by molar-refractivity contribution is 5.95. The fourth-order valence-electron chi connectivity index (χ4n) is 6.70. The summed E-state index contributed by atoms with van der Waals surface area (Å²) in [5, 5.41) is 8.60. The Labute approximate surface area is 298 Å². The van der Waals surface area contributed by atoms with Crippen molar-refractivity contribution in [2.75, 3.05) is 32.8 Å². The van der Waals surface area contributed by atoms with E-state index in [0.717, 1.165) is 33.4 Å². The number of alkyl carbamates (subject to hydrolysis) is 1. The predicted octanol–water partition coefficient (Wildman–Crippen LogP) is 6.51. The molecule has 10 nitrogen and oxygen atoms in total. The third-order valence-electron chi connectivity index (χ3n) is 9.34. The van der Waals surface area contributed by atoms with Crippen LogP contribution in [0.15, 0.2) is 103 Å². The fraction of sp³-hybridized carbons (Fsp3) is 0.317. The summed E-state index contributed by atoms with van der Waals surface area (Å²) in [6.45, 7) is 6.19. The molecule has 1 saturated heterocycles. The third-order valence-corrected chi connectivity index (χ3v) is 9.34. The van der Waals surface area contributed by atoms with Gasteiger partial charge in [0.25, 0.3) is 5.91 Å². The number of ether oxygens (including phenoxy) is 2. The molecule has 0 bridgehead atoms. The van der Waals surface area contributed by atoms with E-state index in [1.54, 1.807) is 37.8 Å². The van der Waals surface area contributed by atoms with E-state index in [2.05, 4.69) is 28.1 Å². The number of amides is 4. The van der Waals surface area contributed by atoms with Gasteiger partial charge < -0.3 is 30.3 Å². The minimum atomic E-state index is -1.33. The van der Waals surface area contributed by atoms with Gasteiger partial charge in [0, 0.05) is 37.7 Å². The van der Waals surface area contributed by atoms with E-state index in [4.69, 9.17) is 9.47 Å². The summed E-state index contributed by atoms with van der Waals surface area (Å²) in [5.41, 5.74) is 4.96. The Bertz CT molecular complexity index is 1830. The molecule has 0 spiro atoms. The molecule has 4 aromatic rings. The molecule has 1 fully saturated rings. The van der Waals surface area contributed by atoms with Crippen LogP contribution in [0, 0.1) is 0 Å². The van der Waals surface area contributed by atoms with Gasteiger partial charge in [-0.2, -0.15) is 0 Å². The average Bonchev–Trinajstić information content (AvgIpc) is 3.45. The van der Waals surface area contributed by atoms with Crippen molar-refractivity contribution in [3.63, 3.8) is 0 Å². The number of nitrogens with zero attached hydrogens (tertiary/aromatic N) is 1. The van der Waals surface area contributed by atoms with Crippen LogP contribution in [0.3, 0.4) is 0 Å². The molecular formula is C41H44N4O6. The molecule has 1 heterocycles. The SMILES string of the molecule is CC(C)(C)OC(=O)N1CCC(NC(=O)OCC2c3ccccc3-c3ccccc32)(C(=O)NCCNC(=O)c2ccc(-c3ccccc3)cc2)CC1. The van der Waals surface area contributed by atoms with Gasteiger partial charge in [-0.25, -0.2) is 9.59 Å². The van der Waals surface area contributed by atoms with Crippen LogP contribution in [0.4, 0.5) is 9.59 Å². The van der Waals surface area contributed by atoms with Crippen LogP contribution in [0.2, 0.25) is 0 Å². The van der Waals surface area contributed by atoms with Crippen molar-refractivity contribution in [1.29, 1.82) is 0 Å². The predicted molar refractivity (Wildman–Crippen MR) is 195 cm³/mol. The van der Waals surface area contributed by atoms with Crippen LogP contribution in [0.1, 0.15) is 61.0 Å². The normalized spacial score (nSPS) is 14.8. The van der Waals surface area contributed by atoms with Gasteiger partial charge in [0.05, 0.1) is 0 Å². The highest BCUT2D eigenvalue weighted by Crippen LogP contribution is 2.44. The molecule has 3 N–H and O–H groups in total. The molecular weight excluding hydrogens is 644 g/mol. The van der Waals surface area contributed by atoms with Crippen molar-refractivity contribution in [2.24, 2.45) is 0 Å². The van der Waals surface area contributed by atoms with E-state index in [9.17, 15) is 19.2 Å². The highest BCUT2D eigenvalue weighted by Gasteiger charge is 2.45. The average molecular weight is 689 g/mol. The maximum atomic E-state index is 13.8. The van der Waals surface area contributed by atoms with Crippen molar-refractivity contribution in [3.05, 3.63) is 120 Å². The minimum Gasteiger partial charge on any atom is -0.449 e. The summed E-state index contributed by atoms with van der Waals surface area (Å²) >= 11 is 0. The number of benzene rings is 4. The molecule has 10 heteroatoms. The number of fused-ring (bicyclic) bond motifs is 3. The second-order valence-corrected chi connectivity index (χ2v) is 14.0. The van der Waals surface area contributed by atoms with E-state index in [0.29, 0.717) is 5.56 Å². The zero-order chi connectivity index (χ0) is 36.0. The lowest BCUT2D eigenvalue weighted by atomic mass is 9.86. The Balaban J connectivity index is 1.07. The maximum absolute atomic E-state index is 13.8. The van der Waals surface area contributed by atoms with Crippen molar-refractivity contribution in [3.8, 4) is 22.3 Å². The lowest BCUT2D eigenvalue weighted by Gasteiger charge is -2.41. The highest BCUT2D eigenvalue weighted by atomic mass is 16.6. The van der Waals surface area contributed by atoms with Gasteiger partial charge in [-0.05, 0) is 79.1 Å². The molecule has 51 heavy (non-hydrogen) atoms. The molecule has 6 rings (SSSR count). The lowest BCUT2D eigenvalue weighted by molar-refractivity contribution is -0.129.